The molecule has 5 rings (SSSR count). The largest absolute Gasteiger partial charge is 0.508 e. The summed E-state index contributed by atoms with van der Waals surface area (Å²) < 4.78 is 13.9. The molecule has 40 heavy (non-hydrogen) atoms. The molecule has 2 heterocycles. The summed E-state index contributed by atoms with van der Waals surface area (Å²) in [5.74, 6) is 1.36. The minimum Gasteiger partial charge on any atom is -0.508 e. The van der Waals surface area contributed by atoms with Gasteiger partial charge < -0.3 is 23.7 Å². The summed E-state index contributed by atoms with van der Waals surface area (Å²) in [7, 11) is 3.34. The number of pyridine rings is 2. The van der Waals surface area contributed by atoms with Crippen LogP contribution in [-0.4, -0.2) is 20.0 Å². The summed E-state index contributed by atoms with van der Waals surface area (Å²) in [5, 5.41) is 8.72. The number of rotatable bonds is 6. The number of ether oxygens (including phenoxy) is 2. The van der Waals surface area contributed by atoms with Crippen LogP contribution in [0.2, 0.25) is 0 Å². The second-order valence-electron chi connectivity index (χ2n) is 8.81. The first-order chi connectivity index (χ1) is 19.3. The van der Waals surface area contributed by atoms with Gasteiger partial charge in [0, 0.05) is 51.1 Å². The summed E-state index contributed by atoms with van der Waals surface area (Å²) in [5.41, 5.74) is 1.92. The lowest BCUT2D eigenvalue weighted by Crippen LogP contribution is -2.14. The predicted molar refractivity (Wildman–Crippen MR) is 154 cm³/mol. The molecule has 0 unspecified atom stereocenters. The Morgan fingerprint density at radius 1 is 0.725 bits per heavy atom. The van der Waals surface area contributed by atoms with Gasteiger partial charge in [-0.3, -0.25) is 14.4 Å². The third kappa shape index (κ3) is 10.3. The molecular weight excluding hydrogens is 508 g/mol. The first-order valence-electron chi connectivity index (χ1n) is 12.6. The molecule has 0 atom stereocenters. The Kier molecular flexibility index (Phi) is 11.3. The van der Waals surface area contributed by atoms with Gasteiger partial charge in [-0.15, -0.1) is 0 Å². The molecule has 0 saturated carbocycles. The first-order valence-corrected chi connectivity index (χ1v) is 12.6. The van der Waals surface area contributed by atoms with Gasteiger partial charge in [0.25, 0.3) is 11.1 Å². The van der Waals surface area contributed by atoms with Crippen molar-refractivity contribution in [1.82, 2.24) is 9.13 Å². The molecule has 0 radical (unpaired) electrons. The van der Waals surface area contributed by atoms with Crippen LogP contribution in [0.1, 0.15) is 17.5 Å². The molecule has 1 aliphatic rings. The second-order valence-corrected chi connectivity index (χ2v) is 8.81. The Hall–Kier alpha value is -5.11. The van der Waals surface area contributed by atoms with E-state index in [0.717, 1.165) is 11.1 Å². The average molecular weight is 541 g/mol. The van der Waals surface area contributed by atoms with E-state index in [2.05, 4.69) is 0 Å². The highest BCUT2D eigenvalue weighted by molar-refractivity contribution is 5.92. The zero-order chi connectivity index (χ0) is 28.7. The van der Waals surface area contributed by atoms with E-state index >= 15 is 0 Å². The Morgan fingerprint density at radius 2 is 1.27 bits per heavy atom. The first kappa shape index (κ1) is 29.4. The van der Waals surface area contributed by atoms with Crippen LogP contribution in [0, 0.1) is 0 Å². The van der Waals surface area contributed by atoms with Crippen molar-refractivity contribution in [3.8, 4) is 11.5 Å². The molecule has 4 aromatic rings. The highest BCUT2D eigenvalue weighted by Gasteiger charge is 2.05. The maximum Gasteiger partial charge on any atom is 0.253 e. The normalized spacial score (nSPS) is 11.8. The molecule has 0 spiro atoms. The molecule has 0 amide bonds. The number of hydrogen-bond acceptors (Lipinski definition) is 6. The standard InChI is InChI=1S/C13H13NO2.C13H12O2.C6H7NO2/c1-14-8-7-12(9-13(14)15)16-10-11-5-3-2-4-6-11;14-12-7-4-8-13(9-12)15-10-11-5-2-1-3-6-11;1-7-3-2-5(8)4-6(7)9/h2-9H,10H2,1H3;1-6,8-9H,7,10H2;2-4,8H,1H3. The molecule has 8 heteroatoms. The highest BCUT2D eigenvalue weighted by Crippen LogP contribution is 2.12. The second kappa shape index (κ2) is 15.3. The van der Waals surface area contributed by atoms with Crippen molar-refractivity contribution in [1.29, 1.82) is 0 Å². The third-order valence-electron chi connectivity index (χ3n) is 5.56. The summed E-state index contributed by atoms with van der Waals surface area (Å²) in [6.45, 7) is 0.984. The number of nitrogens with zero attached hydrogens (tertiary/aromatic N) is 2. The fraction of sp³-hybridized carbons (Fsp3) is 0.156. The van der Waals surface area contributed by atoms with Crippen LogP contribution < -0.4 is 15.9 Å². The number of allylic oxidation sites excluding steroid dienone is 3. The molecular formula is C32H32N2O6. The SMILES string of the molecule is Cn1ccc(O)cc1=O.Cn1ccc(OCc2ccccc2)cc1=O.O=C1C=C(OCc2ccccc2)C=CC1. The molecule has 0 aliphatic heterocycles. The fourth-order valence-corrected chi connectivity index (χ4v) is 3.29. The topological polar surface area (TPSA) is 99.8 Å². The molecule has 1 N–H and O–H groups in total. The van der Waals surface area contributed by atoms with E-state index in [1.54, 1.807) is 32.4 Å². The van der Waals surface area contributed by atoms with Gasteiger partial charge in [-0.25, -0.2) is 0 Å². The van der Waals surface area contributed by atoms with E-state index in [1.807, 2.05) is 72.8 Å². The lowest BCUT2D eigenvalue weighted by molar-refractivity contribution is -0.114. The maximum absolute atomic E-state index is 11.3. The van der Waals surface area contributed by atoms with E-state index in [1.165, 1.54) is 33.5 Å². The predicted octanol–water partition coefficient (Wildman–Crippen LogP) is 4.67. The van der Waals surface area contributed by atoms with Crippen LogP contribution in [-0.2, 0) is 36.8 Å². The summed E-state index contributed by atoms with van der Waals surface area (Å²) in [6, 6.07) is 25.6. The Bertz CT molecular complexity index is 1550. The number of carbonyl (C=O) groups is 1. The van der Waals surface area contributed by atoms with Crippen molar-refractivity contribution in [3.63, 3.8) is 0 Å². The minimum absolute atomic E-state index is 0.0121. The van der Waals surface area contributed by atoms with Crippen molar-refractivity contribution in [2.75, 3.05) is 0 Å². The summed E-state index contributed by atoms with van der Waals surface area (Å²) in [6.07, 6.45) is 8.90. The smallest absolute Gasteiger partial charge is 0.253 e. The Morgan fingerprint density at radius 3 is 1.80 bits per heavy atom. The summed E-state index contributed by atoms with van der Waals surface area (Å²) in [4.78, 5) is 33.1. The molecule has 2 aromatic carbocycles. The third-order valence-corrected chi connectivity index (χ3v) is 5.56. The van der Waals surface area contributed by atoms with Crippen molar-refractivity contribution >= 4 is 5.78 Å². The maximum atomic E-state index is 11.3. The average Bonchev–Trinajstić information content (AvgIpc) is 2.97. The lowest BCUT2D eigenvalue weighted by Gasteiger charge is -2.09. The van der Waals surface area contributed by atoms with E-state index in [-0.39, 0.29) is 22.7 Å². The molecule has 206 valence electrons. The zero-order valence-electron chi connectivity index (χ0n) is 22.5. The number of benzene rings is 2. The van der Waals surface area contributed by atoms with Crippen LogP contribution in [0.5, 0.6) is 11.5 Å². The fourth-order valence-electron chi connectivity index (χ4n) is 3.29. The van der Waals surface area contributed by atoms with Gasteiger partial charge in [0.1, 0.15) is 30.5 Å². The van der Waals surface area contributed by atoms with E-state index in [9.17, 15) is 14.4 Å². The van der Waals surface area contributed by atoms with Gasteiger partial charge in [0.2, 0.25) is 0 Å². The van der Waals surface area contributed by atoms with Gasteiger partial charge in [-0.1, -0.05) is 66.7 Å². The van der Waals surface area contributed by atoms with E-state index < -0.39 is 0 Å². The molecule has 2 aromatic heterocycles. The van der Waals surface area contributed by atoms with Crippen molar-refractivity contribution in [3.05, 3.63) is 153 Å². The highest BCUT2D eigenvalue weighted by atomic mass is 16.5. The zero-order valence-corrected chi connectivity index (χ0v) is 22.5. The van der Waals surface area contributed by atoms with Crippen LogP contribution in [0.15, 0.2) is 131 Å². The van der Waals surface area contributed by atoms with Gasteiger partial charge >= 0.3 is 0 Å². The number of aryl methyl sites for hydroxylation is 2. The van der Waals surface area contributed by atoms with Crippen molar-refractivity contribution < 1.29 is 19.4 Å². The van der Waals surface area contributed by atoms with Crippen LogP contribution in [0.3, 0.4) is 0 Å². The van der Waals surface area contributed by atoms with Crippen molar-refractivity contribution in [2.45, 2.75) is 19.6 Å². The van der Waals surface area contributed by atoms with Gasteiger partial charge in [0.15, 0.2) is 5.78 Å². The van der Waals surface area contributed by atoms with E-state index in [4.69, 9.17) is 14.6 Å². The quantitative estimate of drug-likeness (QED) is 0.382. The van der Waals surface area contributed by atoms with Crippen molar-refractivity contribution in [2.24, 2.45) is 14.1 Å². The van der Waals surface area contributed by atoms with Gasteiger partial charge in [-0.2, -0.15) is 0 Å². The molecule has 1 aliphatic carbocycles. The molecule has 0 saturated heterocycles. The molecule has 0 bridgehead atoms. The minimum atomic E-state index is -0.199. The molecule has 0 fully saturated rings. The monoisotopic (exact) mass is 540 g/mol. The van der Waals surface area contributed by atoms with E-state index in [0.29, 0.717) is 31.1 Å². The van der Waals surface area contributed by atoms with Gasteiger partial charge in [0.05, 0.1) is 0 Å². The number of aromatic nitrogens is 2. The molecule has 8 nitrogen and oxygen atoms in total. The summed E-state index contributed by atoms with van der Waals surface area (Å²) >= 11 is 0. The Labute approximate surface area is 232 Å². The van der Waals surface area contributed by atoms with Gasteiger partial charge in [-0.05, 0) is 29.3 Å². The van der Waals surface area contributed by atoms with Crippen LogP contribution in [0.4, 0.5) is 0 Å². The lowest BCUT2D eigenvalue weighted by atomic mass is 10.1. The van der Waals surface area contributed by atoms with Crippen LogP contribution in [0.25, 0.3) is 0 Å². The number of hydrogen-bond donors (Lipinski definition) is 1. The number of ketones is 1. The van der Waals surface area contributed by atoms with Crippen LogP contribution >= 0.6 is 0 Å². The number of aromatic hydroxyl groups is 1. The Balaban J connectivity index is 0.000000172. The number of carbonyl (C=O) groups excluding carboxylic acids is 1.